The Morgan fingerprint density at radius 3 is 2.27 bits per heavy atom. The average molecular weight is 413 g/mol. The molecule has 0 spiro atoms. The zero-order valence-corrected chi connectivity index (χ0v) is 15.9. The van der Waals surface area contributed by atoms with Crippen LogP contribution in [0.5, 0.6) is 0 Å². The van der Waals surface area contributed by atoms with Crippen molar-refractivity contribution in [1.29, 1.82) is 0 Å². The van der Waals surface area contributed by atoms with Crippen molar-refractivity contribution < 1.29 is 33.1 Å². The second-order valence-electron chi connectivity index (χ2n) is 6.30. The van der Waals surface area contributed by atoms with Gasteiger partial charge in [0.25, 0.3) is 17.7 Å². The highest BCUT2D eigenvalue weighted by Crippen LogP contribution is 2.29. The van der Waals surface area contributed by atoms with Gasteiger partial charge in [0, 0.05) is 7.05 Å². The van der Waals surface area contributed by atoms with Crippen LogP contribution in [0, 0.1) is 5.82 Å². The number of halogens is 1. The minimum absolute atomic E-state index is 0.0266. The first-order valence-electron chi connectivity index (χ1n) is 8.75. The number of benzene rings is 2. The molecule has 0 radical (unpaired) electrons. The number of ether oxygens (including phenoxy) is 1. The maximum Gasteiger partial charge on any atom is 0.338 e. The summed E-state index contributed by atoms with van der Waals surface area (Å²) in [6, 6.07) is 7.82. The normalized spacial score (nSPS) is 13.5. The van der Waals surface area contributed by atoms with Crippen LogP contribution in [0.1, 0.15) is 38.0 Å². The number of carbonyl (C=O) groups is 5. The lowest BCUT2D eigenvalue weighted by Gasteiger charge is -2.13. The summed E-state index contributed by atoms with van der Waals surface area (Å²) in [5.41, 5.74) is 0.175. The molecule has 1 aliphatic heterocycles. The molecule has 154 valence electrons. The van der Waals surface area contributed by atoms with Crippen molar-refractivity contribution >= 4 is 35.4 Å². The minimum atomic E-state index is -1.28. The topological polar surface area (TPSA) is 122 Å². The molecule has 9 nitrogen and oxygen atoms in total. The van der Waals surface area contributed by atoms with Gasteiger partial charge >= 0.3 is 12.0 Å². The van der Waals surface area contributed by atoms with Crippen LogP contribution in [0.25, 0.3) is 0 Å². The molecular weight excluding hydrogens is 397 g/mol. The number of hydrogen-bond donors (Lipinski definition) is 2. The third-order valence-corrected chi connectivity index (χ3v) is 4.32. The van der Waals surface area contributed by atoms with Crippen molar-refractivity contribution in [3.63, 3.8) is 0 Å². The van der Waals surface area contributed by atoms with E-state index in [1.807, 2.05) is 5.32 Å². The lowest BCUT2D eigenvalue weighted by atomic mass is 10.1. The number of anilines is 1. The van der Waals surface area contributed by atoms with Crippen LogP contribution in [0.15, 0.2) is 42.5 Å². The van der Waals surface area contributed by atoms with Gasteiger partial charge in [-0.25, -0.2) is 18.9 Å². The monoisotopic (exact) mass is 413 g/mol. The lowest BCUT2D eigenvalue weighted by molar-refractivity contribution is -0.127. The van der Waals surface area contributed by atoms with E-state index in [2.05, 4.69) is 5.32 Å². The molecule has 1 heterocycles. The van der Waals surface area contributed by atoms with Gasteiger partial charge < -0.3 is 10.1 Å². The lowest BCUT2D eigenvalue weighted by Crippen LogP contribution is -2.43. The molecule has 1 atom stereocenters. The molecular formula is C20H16FN3O6. The summed E-state index contributed by atoms with van der Waals surface area (Å²) in [5, 5.41) is 4.16. The fraction of sp³-hybridized carbons (Fsp3) is 0.150. The highest BCUT2D eigenvalue weighted by Gasteiger charge is 2.37. The molecule has 0 saturated carbocycles. The van der Waals surface area contributed by atoms with E-state index in [-0.39, 0.29) is 22.4 Å². The Bertz CT molecular complexity index is 1070. The maximum absolute atomic E-state index is 13.1. The first-order valence-corrected chi connectivity index (χ1v) is 8.75. The summed E-state index contributed by atoms with van der Waals surface area (Å²) in [4.78, 5) is 61.5. The van der Waals surface area contributed by atoms with Crippen LogP contribution >= 0.6 is 0 Å². The first-order chi connectivity index (χ1) is 14.2. The highest BCUT2D eigenvalue weighted by molar-refractivity contribution is 6.34. The van der Waals surface area contributed by atoms with Crippen LogP contribution in [0.2, 0.25) is 0 Å². The quantitative estimate of drug-likeness (QED) is 0.580. The van der Waals surface area contributed by atoms with Gasteiger partial charge in [0.1, 0.15) is 5.82 Å². The summed E-state index contributed by atoms with van der Waals surface area (Å²) in [6.07, 6.45) is -1.28. The molecule has 1 aliphatic rings. The molecule has 30 heavy (non-hydrogen) atoms. The standard InChI is InChI=1S/C20H16FN3O6/c1-10(16(25)23-20(29)22-2)30-19(28)11-3-8-14-15(9-11)18(27)24(17(14)26)13-6-4-12(21)5-7-13/h3-10H,1-2H3,(H2,22,23,25,29)/t10-/m1/s1. The van der Waals surface area contributed by atoms with Crippen molar-refractivity contribution in [2.45, 2.75) is 13.0 Å². The number of rotatable bonds is 4. The van der Waals surface area contributed by atoms with Crippen molar-refractivity contribution in [2.75, 3.05) is 11.9 Å². The summed E-state index contributed by atoms with van der Waals surface area (Å²) < 4.78 is 18.1. The predicted molar refractivity (Wildman–Crippen MR) is 101 cm³/mol. The van der Waals surface area contributed by atoms with Gasteiger partial charge in [-0.3, -0.25) is 19.7 Å². The van der Waals surface area contributed by atoms with E-state index >= 15 is 0 Å². The maximum atomic E-state index is 13.1. The predicted octanol–water partition coefficient (Wildman–Crippen LogP) is 1.63. The number of hydrogen-bond acceptors (Lipinski definition) is 6. The molecule has 0 bridgehead atoms. The molecule has 2 aromatic carbocycles. The summed E-state index contributed by atoms with van der Waals surface area (Å²) >= 11 is 0. The van der Waals surface area contributed by atoms with E-state index < -0.39 is 41.6 Å². The van der Waals surface area contributed by atoms with Crippen molar-refractivity contribution in [3.05, 3.63) is 65.0 Å². The third-order valence-electron chi connectivity index (χ3n) is 4.32. The number of carbonyl (C=O) groups excluding carboxylic acids is 5. The average Bonchev–Trinajstić information content (AvgIpc) is 2.98. The molecule has 0 aromatic heterocycles. The zero-order valence-electron chi connectivity index (χ0n) is 15.9. The fourth-order valence-electron chi connectivity index (χ4n) is 2.75. The molecule has 3 rings (SSSR count). The molecule has 0 unspecified atom stereocenters. The molecule has 0 fully saturated rings. The van der Waals surface area contributed by atoms with Gasteiger partial charge in [-0.1, -0.05) is 0 Å². The van der Waals surface area contributed by atoms with Gasteiger partial charge in [-0.15, -0.1) is 0 Å². The van der Waals surface area contributed by atoms with Gasteiger partial charge in [-0.2, -0.15) is 0 Å². The second kappa shape index (κ2) is 8.11. The van der Waals surface area contributed by atoms with Crippen LogP contribution < -0.4 is 15.5 Å². The smallest absolute Gasteiger partial charge is 0.338 e. The third kappa shape index (κ3) is 3.88. The number of imide groups is 2. The Hall–Kier alpha value is -4.08. The SMILES string of the molecule is CNC(=O)NC(=O)[C@@H](C)OC(=O)c1ccc2c(c1)C(=O)N(c1ccc(F)cc1)C2=O. The van der Waals surface area contributed by atoms with Crippen LogP contribution in [-0.2, 0) is 9.53 Å². The van der Waals surface area contributed by atoms with Crippen molar-refractivity contribution in [3.8, 4) is 0 Å². The van der Waals surface area contributed by atoms with Crippen molar-refractivity contribution in [1.82, 2.24) is 10.6 Å². The number of nitrogens with zero attached hydrogens (tertiary/aromatic N) is 1. The molecule has 0 aliphatic carbocycles. The summed E-state index contributed by atoms with van der Waals surface area (Å²) in [7, 11) is 1.32. The van der Waals surface area contributed by atoms with Crippen LogP contribution in [0.3, 0.4) is 0 Å². The number of esters is 1. The number of nitrogens with one attached hydrogen (secondary N) is 2. The first kappa shape index (κ1) is 20.6. The van der Waals surface area contributed by atoms with E-state index in [1.165, 1.54) is 44.3 Å². The van der Waals surface area contributed by atoms with Gasteiger partial charge in [0.05, 0.1) is 22.4 Å². The van der Waals surface area contributed by atoms with Gasteiger partial charge in [-0.05, 0) is 49.4 Å². The fourth-order valence-corrected chi connectivity index (χ4v) is 2.75. The molecule has 10 heteroatoms. The Morgan fingerprint density at radius 1 is 1.00 bits per heavy atom. The molecule has 5 amide bonds. The largest absolute Gasteiger partial charge is 0.449 e. The number of amides is 5. The molecule has 0 saturated heterocycles. The molecule has 2 aromatic rings. The summed E-state index contributed by atoms with van der Waals surface area (Å²) in [6.45, 7) is 1.27. The van der Waals surface area contributed by atoms with E-state index in [0.717, 1.165) is 17.0 Å². The van der Waals surface area contributed by atoms with E-state index in [9.17, 15) is 28.4 Å². The van der Waals surface area contributed by atoms with Gasteiger partial charge in [0.15, 0.2) is 6.10 Å². The van der Waals surface area contributed by atoms with E-state index in [0.29, 0.717) is 0 Å². The van der Waals surface area contributed by atoms with E-state index in [1.54, 1.807) is 0 Å². The Kier molecular flexibility index (Phi) is 5.58. The Labute approximate surface area is 169 Å². The highest BCUT2D eigenvalue weighted by atomic mass is 19.1. The summed E-state index contributed by atoms with van der Waals surface area (Å²) in [5.74, 6) is -3.56. The number of fused-ring (bicyclic) bond motifs is 1. The van der Waals surface area contributed by atoms with Gasteiger partial charge in [0.2, 0.25) is 0 Å². The number of urea groups is 1. The van der Waals surface area contributed by atoms with Crippen LogP contribution in [-0.4, -0.2) is 42.9 Å². The van der Waals surface area contributed by atoms with Crippen LogP contribution in [0.4, 0.5) is 14.9 Å². The van der Waals surface area contributed by atoms with Crippen molar-refractivity contribution in [2.24, 2.45) is 0 Å². The zero-order chi connectivity index (χ0) is 22.0. The molecule has 2 N–H and O–H groups in total. The Morgan fingerprint density at radius 2 is 1.63 bits per heavy atom. The Balaban J connectivity index is 1.79. The second-order valence-corrected chi connectivity index (χ2v) is 6.30. The van der Waals surface area contributed by atoms with E-state index in [4.69, 9.17) is 4.74 Å². The minimum Gasteiger partial charge on any atom is -0.449 e.